The van der Waals surface area contributed by atoms with Crippen molar-refractivity contribution >= 4 is 38.9 Å². The molecule has 0 saturated carbocycles. The van der Waals surface area contributed by atoms with E-state index < -0.39 is 0 Å². The van der Waals surface area contributed by atoms with Crippen LogP contribution in [0.1, 0.15) is 30.6 Å². The molecule has 0 aliphatic rings. The molecule has 0 amide bonds. The van der Waals surface area contributed by atoms with E-state index in [4.69, 9.17) is 0 Å². The predicted octanol–water partition coefficient (Wildman–Crippen LogP) is 3.61. The average molecular weight is 342 g/mol. The molecular weight excluding hydrogens is 326 g/mol. The first-order valence-corrected chi connectivity index (χ1v) is 7.72. The molecule has 0 aromatic carbocycles. The van der Waals surface area contributed by atoms with Crippen LogP contribution < -0.4 is 10.6 Å². The van der Waals surface area contributed by atoms with E-state index in [2.05, 4.69) is 48.4 Å². The van der Waals surface area contributed by atoms with E-state index in [0.29, 0.717) is 0 Å². The van der Waals surface area contributed by atoms with Gasteiger partial charge in [0.05, 0.1) is 6.04 Å². The molecule has 2 aromatic rings. The molecule has 1 atom stereocenters. The number of aromatic nitrogens is 3. The first kappa shape index (κ1) is 14.2. The molecule has 2 N–H and O–H groups in total. The highest BCUT2D eigenvalue weighted by molar-refractivity contribution is 9.10. The van der Waals surface area contributed by atoms with Gasteiger partial charge in [0.25, 0.3) is 0 Å². The summed E-state index contributed by atoms with van der Waals surface area (Å²) in [6, 6.07) is 0.111. The van der Waals surface area contributed by atoms with Crippen LogP contribution in [0.2, 0.25) is 0 Å². The molecule has 1 unspecified atom stereocenters. The van der Waals surface area contributed by atoms with Crippen molar-refractivity contribution in [3.05, 3.63) is 26.9 Å². The van der Waals surface area contributed by atoms with E-state index in [1.165, 1.54) is 0 Å². The summed E-state index contributed by atoms with van der Waals surface area (Å²) in [6.45, 7) is 6.91. The van der Waals surface area contributed by atoms with Gasteiger partial charge in [-0.15, -0.1) is 11.3 Å². The number of rotatable bonds is 5. The third-order valence-electron chi connectivity index (χ3n) is 2.49. The molecule has 19 heavy (non-hydrogen) atoms. The Balaban J connectivity index is 2.16. The second kappa shape index (κ2) is 6.29. The minimum absolute atomic E-state index is 0.111. The average Bonchev–Trinajstić information content (AvgIpc) is 2.81. The van der Waals surface area contributed by atoms with E-state index in [0.717, 1.165) is 33.4 Å². The van der Waals surface area contributed by atoms with Crippen LogP contribution in [-0.4, -0.2) is 21.5 Å². The Labute approximate surface area is 125 Å². The van der Waals surface area contributed by atoms with Gasteiger partial charge in [-0.2, -0.15) is 0 Å². The van der Waals surface area contributed by atoms with Gasteiger partial charge in [-0.05, 0) is 36.7 Å². The Morgan fingerprint density at radius 3 is 2.74 bits per heavy atom. The van der Waals surface area contributed by atoms with Crippen LogP contribution in [0.15, 0.2) is 16.2 Å². The molecule has 0 spiro atoms. The fourth-order valence-electron chi connectivity index (χ4n) is 1.60. The highest BCUT2D eigenvalue weighted by Crippen LogP contribution is 2.29. The van der Waals surface area contributed by atoms with Crippen LogP contribution in [0, 0.1) is 6.92 Å². The number of aryl methyl sites for hydroxylation is 1. The molecule has 0 aliphatic heterocycles. The van der Waals surface area contributed by atoms with Crippen LogP contribution in [0.5, 0.6) is 0 Å². The van der Waals surface area contributed by atoms with Crippen molar-refractivity contribution in [2.24, 2.45) is 0 Å². The Morgan fingerprint density at radius 1 is 1.37 bits per heavy atom. The molecule has 2 aromatic heterocycles. The quantitative estimate of drug-likeness (QED) is 0.869. The first-order valence-electron chi connectivity index (χ1n) is 6.04. The van der Waals surface area contributed by atoms with E-state index in [1.807, 2.05) is 19.2 Å². The Hall–Kier alpha value is -1.21. The number of hydrogen-bond acceptors (Lipinski definition) is 6. The molecule has 2 heterocycles. The zero-order valence-electron chi connectivity index (χ0n) is 11.1. The van der Waals surface area contributed by atoms with Crippen LogP contribution in [-0.2, 0) is 0 Å². The maximum atomic E-state index is 4.48. The van der Waals surface area contributed by atoms with Crippen molar-refractivity contribution < 1.29 is 0 Å². The summed E-state index contributed by atoms with van der Waals surface area (Å²) in [4.78, 5) is 12.9. The summed E-state index contributed by atoms with van der Waals surface area (Å²) in [5.41, 5.74) is 1.05. The third-order valence-corrected chi connectivity index (χ3v) is 4.39. The second-order valence-corrected chi connectivity index (χ2v) is 5.79. The second-order valence-electron chi connectivity index (χ2n) is 4.11. The normalized spacial score (nSPS) is 12.2. The minimum Gasteiger partial charge on any atom is -0.369 e. The van der Waals surface area contributed by atoms with E-state index in [-0.39, 0.29) is 6.04 Å². The van der Waals surface area contributed by atoms with Gasteiger partial charge in [0.2, 0.25) is 0 Å². The van der Waals surface area contributed by atoms with Gasteiger partial charge in [0.15, 0.2) is 0 Å². The van der Waals surface area contributed by atoms with Crippen molar-refractivity contribution in [2.45, 2.75) is 26.8 Å². The number of anilines is 2. The summed E-state index contributed by atoms with van der Waals surface area (Å²) < 4.78 is 0.844. The highest BCUT2D eigenvalue weighted by Gasteiger charge is 2.14. The Morgan fingerprint density at radius 2 is 2.11 bits per heavy atom. The topological polar surface area (TPSA) is 62.7 Å². The lowest BCUT2D eigenvalue weighted by atomic mass is 10.3. The maximum absolute atomic E-state index is 4.48. The Kier molecular flexibility index (Phi) is 4.71. The molecular formula is C12H16BrN5S. The Bertz CT molecular complexity index is 557. The summed E-state index contributed by atoms with van der Waals surface area (Å²) in [6.07, 6.45) is 1.55. The van der Waals surface area contributed by atoms with Crippen molar-refractivity contribution in [1.29, 1.82) is 0 Å². The molecule has 2 rings (SSSR count). The number of nitrogens with zero attached hydrogens (tertiary/aromatic N) is 3. The lowest BCUT2D eigenvalue weighted by Crippen LogP contribution is -2.10. The number of hydrogen-bond donors (Lipinski definition) is 2. The van der Waals surface area contributed by atoms with Gasteiger partial charge in [-0.25, -0.2) is 15.0 Å². The van der Waals surface area contributed by atoms with E-state index >= 15 is 0 Å². The summed E-state index contributed by atoms with van der Waals surface area (Å²) in [5.74, 6) is 1.56. The lowest BCUT2D eigenvalue weighted by molar-refractivity contribution is 0.851. The zero-order chi connectivity index (χ0) is 13.8. The summed E-state index contributed by atoms with van der Waals surface area (Å²) >= 11 is 5.17. The zero-order valence-corrected chi connectivity index (χ0v) is 13.5. The number of thiazole rings is 1. The highest BCUT2D eigenvalue weighted by atomic mass is 79.9. The molecule has 0 fully saturated rings. The largest absolute Gasteiger partial charge is 0.369 e. The fourth-order valence-corrected chi connectivity index (χ4v) is 2.86. The minimum atomic E-state index is 0.111. The van der Waals surface area contributed by atoms with Gasteiger partial charge >= 0.3 is 0 Å². The van der Waals surface area contributed by atoms with Gasteiger partial charge in [0.1, 0.15) is 27.4 Å². The van der Waals surface area contributed by atoms with Gasteiger partial charge in [0, 0.05) is 17.6 Å². The molecule has 0 saturated heterocycles. The molecule has 0 bridgehead atoms. The van der Waals surface area contributed by atoms with E-state index in [1.54, 1.807) is 17.7 Å². The lowest BCUT2D eigenvalue weighted by Gasteiger charge is -2.14. The third kappa shape index (κ3) is 3.42. The van der Waals surface area contributed by atoms with Crippen molar-refractivity contribution in [3.8, 4) is 0 Å². The van der Waals surface area contributed by atoms with Crippen molar-refractivity contribution in [1.82, 2.24) is 15.0 Å². The van der Waals surface area contributed by atoms with Crippen LogP contribution >= 0.6 is 27.3 Å². The fraction of sp³-hybridized carbons (Fsp3) is 0.417. The van der Waals surface area contributed by atoms with Crippen LogP contribution in [0.25, 0.3) is 0 Å². The number of nitrogens with one attached hydrogen (secondary N) is 2. The van der Waals surface area contributed by atoms with Crippen LogP contribution in [0.3, 0.4) is 0 Å². The maximum Gasteiger partial charge on any atom is 0.146 e. The summed E-state index contributed by atoms with van der Waals surface area (Å²) in [7, 11) is 0. The van der Waals surface area contributed by atoms with Crippen molar-refractivity contribution in [2.75, 3.05) is 17.2 Å². The van der Waals surface area contributed by atoms with E-state index in [9.17, 15) is 0 Å². The smallest absolute Gasteiger partial charge is 0.146 e. The molecule has 5 nitrogen and oxygen atoms in total. The molecule has 102 valence electrons. The predicted molar refractivity (Wildman–Crippen MR) is 82.8 cm³/mol. The van der Waals surface area contributed by atoms with Gasteiger partial charge < -0.3 is 10.6 Å². The molecule has 0 radical (unpaired) electrons. The van der Waals surface area contributed by atoms with Crippen LogP contribution in [0.4, 0.5) is 11.6 Å². The first-order chi connectivity index (χ1) is 9.11. The molecule has 0 aliphatic carbocycles. The monoisotopic (exact) mass is 341 g/mol. The SMILES string of the molecule is CCNc1ncnc(NC(C)c2nc(C)cs2)c1Br. The van der Waals surface area contributed by atoms with Crippen molar-refractivity contribution in [3.63, 3.8) is 0 Å². The van der Waals surface area contributed by atoms with Gasteiger partial charge in [-0.1, -0.05) is 0 Å². The molecule has 7 heteroatoms. The summed E-state index contributed by atoms with van der Waals surface area (Å²) in [5, 5.41) is 9.63. The van der Waals surface area contributed by atoms with Gasteiger partial charge in [-0.3, -0.25) is 0 Å². The number of halogens is 1. The standard InChI is InChI=1S/C12H16BrN5S/c1-4-14-10-9(13)11(16-6-15-10)18-8(3)12-17-7(2)5-19-12/h5-6,8H,4H2,1-3H3,(H2,14,15,16,18).